The maximum atomic E-state index is 14.9. The van der Waals surface area contributed by atoms with Gasteiger partial charge in [-0.15, -0.1) is 0 Å². The van der Waals surface area contributed by atoms with E-state index in [0.29, 0.717) is 25.7 Å². The normalized spacial score (nSPS) is 19.0. The summed E-state index contributed by atoms with van der Waals surface area (Å²) in [6.45, 7) is 9.08. The van der Waals surface area contributed by atoms with Gasteiger partial charge in [0.1, 0.15) is 12.5 Å². The second-order valence-corrected chi connectivity index (χ2v) is 8.58. The first-order chi connectivity index (χ1) is 16.5. The molecule has 1 aliphatic rings. The molecule has 0 aliphatic carbocycles. The number of carbonyl (C=O) groups excluding carboxylic acids is 1. The minimum atomic E-state index is -3.25. The minimum absolute atomic E-state index is 0. The van der Waals surface area contributed by atoms with Gasteiger partial charge in [-0.2, -0.15) is 0 Å². The van der Waals surface area contributed by atoms with E-state index in [4.69, 9.17) is 4.74 Å². The van der Waals surface area contributed by atoms with E-state index in [2.05, 4.69) is 21.9 Å². The van der Waals surface area contributed by atoms with Crippen LogP contribution in [-0.2, 0) is 16.1 Å². The van der Waals surface area contributed by atoms with Gasteiger partial charge in [0.05, 0.1) is 11.4 Å². The largest absolute Gasteiger partial charge is 0.435 e. The number of ether oxygens (including phenoxy) is 1. The number of nitrogens with zero attached hydrogens (tertiary/aromatic N) is 2. The van der Waals surface area contributed by atoms with Gasteiger partial charge in [-0.3, -0.25) is 14.7 Å². The van der Waals surface area contributed by atoms with Crippen LogP contribution in [-0.4, -0.2) is 36.1 Å². The number of cyclic esters (lactones) is 1. The van der Waals surface area contributed by atoms with E-state index in [-0.39, 0.29) is 41.4 Å². The maximum Gasteiger partial charge on any atom is 0.413 e. The van der Waals surface area contributed by atoms with Gasteiger partial charge in [0, 0.05) is 29.2 Å². The fraction of sp³-hybridized carbons (Fsp3) is 0.577. The van der Waals surface area contributed by atoms with Crippen LogP contribution in [0.5, 0.6) is 0 Å². The number of hydrogen-bond donors (Lipinski definition) is 1. The van der Waals surface area contributed by atoms with Crippen molar-refractivity contribution in [3.05, 3.63) is 47.4 Å². The summed E-state index contributed by atoms with van der Waals surface area (Å²) in [5, 5.41) is 2.25. The van der Waals surface area contributed by atoms with Crippen molar-refractivity contribution in [1.82, 2.24) is 10.3 Å². The molecule has 1 atom stereocenters. The molecule has 1 aromatic heterocycles. The molecule has 1 amide bonds. The Balaban J connectivity index is 0.00000648. The van der Waals surface area contributed by atoms with Crippen LogP contribution in [0.15, 0.2) is 35.5 Å². The summed E-state index contributed by atoms with van der Waals surface area (Å²) in [5.74, 6) is -3.50. The molecule has 1 aromatic rings. The Kier molecular flexibility index (Phi) is 11.3. The summed E-state index contributed by atoms with van der Waals surface area (Å²) in [7, 11) is 0. The van der Waals surface area contributed by atoms with Gasteiger partial charge in [-0.1, -0.05) is 47.6 Å². The number of alkyl halides is 5. The molecule has 202 valence electrons. The van der Waals surface area contributed by atoms with Crippen LogP contribution in [0.1, 0.15) is 84.2 Å². The average molecular weight is 518 g/mol. The summed E-state index contributed by atoms with van der Waals surface area (Å²) < 4.78 is 76.8. The first-order valence-electron chi connectivity index (χ1n) is 11.6. The van der Waals surface area contributed by atoms with E-state index in [9.17, 15) is 26.7 Å². The lowest BCUT2D eigenvalue weighted by atomic mass is 9.76. The number of halogens is 5. The molecule has 1 N–H and O–H groups in total. The van der Waals surface area contributed by atoms with Crippen molar-refractivity contribution in [2.75, 3.05) is 6.67 Å². The highest BCUT2D eigenvalue weighted by Gasteiger charge is 2.40. The van der Waals surface area contributed by atoms with E-state index in [1.807, 2.05) is 13.8 Å². The third-order valence-electron chi connectivity index (χ3n) is 6.18. The monoisotopic (exact) mass is 517 g/mol. The fourth-order valence-corrected chi connectivity index (χ4v) is 4.35. The zero-order valence-corrected chi connectivity index (χ0v) is 20.4. The Labute approximate surface area is 209 Å². The second kappa shape index (κ2) is 13.0. The number of amidine groups is 1. The fourth-order valence-electron chi connectivity index (χ4n) is 4.35. The maximum absolute atomic E-state index is 14.9. The van der Waals surface area contributed by atoms with E-state index < -0.39 is 43.1 Å². The summed E-state index contributed by atoms with van der Waals surface area (Å²) in [6.07, 6.45) is -3.77. The van der Waals surface area contributed by atoms with Crippen molar-refractivity contribution in [3.8, 4) is 0 Å². The molecule has 0 saturated carbocycles. The molecule has 1 saturated heterocycles. The summed E-state index contributed by atoms with van der Waals surface area (Å²) in [6, 6.07) is 2.33. The van der Waals surface area contributed by atoms with Crippen LogP contribution in [0.2, 0.25) is 0 Å². The van der Waals surface area contributed by atoms with Crippen molar-refractivity contribution in [1.29, 1.82) is 0 Å². The number of aromatic nitrogens is 1. The number of aliphatic imine (C=N–C) groups is 1. The molecular weight excluding hydrogens is 481 g/mol. The molecule has 0 bridgehead atoms. The van der Waals surface area contributed by atoms with Gasteiger partial charge in [-0.25, -0.2) is 27.3 Å². The first kappa shape index (κ1) is 31.3. The van der Waals surface area contributed by atoms with E-state index in [1.54, 1.807) is 0 Å². The number of pyridine rings is 1. The zero-order chi connectivity index (χ0) is 26.4. The number of carbonyl (C=O) groups is 1. The Hall–Kier alpha value is -2.78. The predicted octanol–water partition coefficient (Wildman–Crippen LogP) is 7.72. The van der Waals surface area contributed by atoms with Crippen molar-refractivity contribution in [2.45, 2.75) is 91.1 Å². The standard InChI is InChI=1S/C25H32F5N3O2.CH4/c1-6-10-24(14-26,11-7-2)18-13-16(25(29,30)8-3)12-17(32-18)15(5)19-20(21(27)28)35-23(34)33-22(19)31-9-4;/h9,12-13,20-21H,4,6-8,10-11,14H2,1-3,5H3,(H,31,33,34);1H4/b19-15+;. The lowest BCUT2D eigenvalue weighted by Crippen LogP contribution is -2.47. The molecular formula is C26H36F5N3O2. The average Bonchev–Trinajstić information content (AvgIpc) is 2.82. The summed E-state index contributed by atoms with van der Waals surface area (Å²) in [5.41, 5.74) is -1.56. The van der Waals surface area contributed by atoms with Crippen molar-refractivity contribution < 1.29 is 31.5 Å². The van der Waals surface area contributed by atoms with Crippen molar-refractivity contribution in [3.63, 3.8) is 0 Å². The summed E-state index contributed by atoms with van der Waals surface area (Å²) >= 11 is 0. The molecule has 1 unspecified atom stereocenters. The topological polar surface area (TPSA) is 63.6 Å². The number of hydrogen-bond acceptors (Lipinski definition) is 4. The zero-order valence-electron chi connectivity index (χ0n) is 20.4. The van der Waals surface area contributed by atoms with Crippen LogP contribution < -0.4 is 5.32 Å². The molecule has 36 heavy (non-hydrogen) atoms. The Morgan fingerprint density at radius 2 is 1.86 bits per heavy atom. The van der Waals surface area contributed by atoms with Crippen LogP contribution in [0, 0.1) is 0 Å². The SMILES string of the molecule is C.C=CN=C1NC(=O)OC(C(F)F)/C1=C(/C)c1cc(C(F)(F)CC)cc(C(CF)(CCC)CCC)n1. The quantitative estimate of drug-likeness (QED) is 0.306. The van der Waals surface area contributed by atoms with E-state index in [1.165, 1.54) is 19.9 Å². The van der Waals surface area contributed by atoms with Crippen LogP contribution in [0.4, 0.5) is 26.7 Å². The third-order valence-corrected chi connectivity index (χ3v) is 6.18. The number of amides is 1. The molecule has 1 aliphatic heterocycles. The number of nitrogens with one attached hydrogen (secondary N) is 1. The molecule has 10 heteroatoms. The van der Waals surface area contributed by atoms with E-state index >= 15 is 0 Å². The molecule has 0 radical (unpaired) electrons. The van der Waals surface area contributed by atoms with Crippen LogP contribution in [0.3, 0.4) is 0 Å². The van der Waals surface area contributed by atoms with Crippen LogP contribution in [0.25, 0.3) is 5.57 Å². The van der Waals surface area contributed by atoms with Gasteiger partial charge in [-0.05, 0) is 37.5 Å². The highest BCUT2D eigenvalue weighted by Crippen LogP contribution is 2.40. The predicted molar refractivity (Wildman–Crippen MR) is 132 cm³/mol. The van der Waals surface area contributed by atoms with Crippen LogP contribution >= 0.6 is 0 Å². The van der Waals surface area contributed by atoms with Gasteiger partial charge < -0.3 is 4.74 Å². The Morgan fingerprint density at radius 3 is 2.33 bits per heavy atom. The minimum Gasteiger partial charge on any atom is -0.435 e. The lowest BCUT2D eigenvalue weighted by molar-refractivity contribution is -0.00863. The summed E-state index contributed by atoms with van der Waals surface area (Å²) in [4.78, 5) is 20.2. The number of alkyl carbamates (subject to hydrolysis) is 1. The second-order valence-electron chi connectivity index (χ2n) is 8.58. The molecule has 5 nitrogen and oxygen atoms in total. The van der Waals surface area contributed by atoms with Crippen molar-refractivity contribution in [2.24, 2.45) is 4.99 Å². The molecule has 0 spiro atoms. The lowest BCUT2D eigenvalue weighted by Gasteiger charge is -2.32. The third kappa shape index (κ3) is 6.50. The first-order valence-corrected chi connectivity index (χ1v) is 11.6. The highest BCUT2D eigenvalue weighted by atomic mass is 19.3. The van der Waals surface area contributed by atoms with Gasteiger partial charge in [0.25, 0.3) is 12.3 Å². The highest BCUT2D eigenvalue weighted by molar-refractivity contribution is 6.13. The number of rotatable bonds is 11. The van der Waals surface area contributed by atoms with Gasteiger partial charge in [0.15, 0.2) is 6.10 Å². The molecule has 2 heterocycles. The molecule has 0 aromatic carbocycles. The van der Waals surface area contributed by atoms with Crippen molar-refractivity contribution >= 4 is 17.5 Å². The number of allylic oxidation sites excluding steroid dienone is 1. The van der Waals surface area contributed by atoms with Gasteiger partial charge in [0.2, 0.25) is 0 Å². The Morgan fingerprint density at radius 1 is 1.25 bits per heavy atom. The Bertz CT molecular complexity index is 986. The molecule has 2 rings (SSSR count). The van der Waals surface area contributed by atoms with E-state index in [0.717, 1.165) is 12.3 Å². The smallest absolute Gasteiger partial charge is 0.413 e. The van der Waals surface area contributed by atoms with Gasteiger partial charge >= 0.3 is 6.09 Å². The molecule has 1 fully saturated rings.